The molecule has 8 heteroatoms. The molecular formula is C23H39N7O. The third-order valence-electron chi connectivity index (χ3n) is 4.95. The van der Waals surface area contributed by atoms with Crippen LogP contribution in [0.3, 0.4) is 0 Å². The van der Waals surface area contributed by atoms with Crippen molar-refractivity contribution in [2.45, 2.75) is 54.9 Å². The highest BCUT2D eigenvalue weighted by molar-refractivity contribution is 5.98. The van der Waals surface area contributed by atoms with Gasteiger partial charge in [0.15, 0.2) is 5.82 Å². The van der Waals surface area contributed by atoms with Gasteiger partial charge in [-0.15, -0.1) is 5.10 Å². The van der Waals surface area contributed by atoms with Crippen molar-refractivity contribution in [1.82, 2.24) is 20.1 Å². The van der Waals surface area contributed by atoms with Gasteiger partial charge in [0.2, 0.25) is 0 Å². The Labute approximate surface area is 186 Å². The first-order valence-electron chi connectivity index (χ1n) is 11.2. The second-order valence-electron chi connectivity index (χ2n) is 6.68. The number of pyridine rings is 1. The van der Waals surface area contributed by atoms with E-state index in [9.17, 15) is 4.79 Å². The van der Waals surface area contributed by atoms with E-state index in [-0.39, 0.29) is 0 Å². The lowest BCUT2D eigenvalue weighted by molar-refractivity contribution is 0.100. The van der Waals surface area contributed by atoms with Gasteiger partial charge in [0.25, 0.3) is 5.91 Å². The molecule has 172 valence electrons. The molecule has 2 aromatic rings. The molecular weight excluding hydrogens is 390 g/mol. The normalized spacial score (nSPS) is 13.8. The number of primary amides is 1. The van der Waals surface area contributed by atoms with Gasteiger partial charge in [-0.25, -0.2) is 9.67 Å². The van der Waals surface area contributed by atoms with Crippen molar-refractivity contribution >= 4 is 28.9 Å². The summed E-state index contributed by atoms with van der Waals surface area (Å²) in [7, 11) is 0. The van der Waals surface area contributed by atoms with Crippen LogP contribution in [0.25, 0.3) is 5.70 Å². The van der Waals surface area contributed by atoms with Crippen LogP contribution in [0, 0.1) is 0 Å². The summed E-state index contributed by atoms with van der Waals surface area (Å²) in [4.78, 5) is 18.6. The van der Waals surface area contributed by atoms with Crippen molar-refractivity contribution in [1.29, 1.82) is 0 Å². The molecule has 3 rings (SSSR count). The van der Waals surface area contributed by atoms with E-state index in [1.807, 2.05) is 59.9 Å². The number of aromatic nitrogens is 3. The van der Waals surface area contributed by atoms with E-state index in [0.717, 1.165) is 44.0 Å². The molecule has 31 heavy (non-hydrogen) atoms. The molecule has 1 aliphatic heterocycles. The first-order valence-corrected chi connectivity index (χ1v) is 11.2. The monoisotopic (exact) mass is 429 g/mol. The summed E-state index contributed by atoms with van der Waals surface area (Å²) < 4.78 is 1.69. The zero-order chi connectivity index (χ0) is 23.4. The van der Waals surface area contributed by atoms with Crippen LogP contribution in [-0.4, -0.2) is 46.9 Å². The predicted octanol–water partition coefficient (Wildman–Crippen LogP) is 4.24. The zero-order valence-electron chi connectivity index (χ0n) is 20.1. The number of anilines is 3. The van der Waals surface area contributed by atoms with E-state index < -0.39 is 5.91 Å². The minimum atomic E-state index is -0.525. The molecule has 0 bridgehead atoms. The van der Waals surface area contributed by atoms with E-state index in [1.165, 1.54) is 5.57 Å². The van der Waals surface area contributed by atoms with Crippen LogP contribution >= 0.6 is 0 Å². The molecule has 1 fully saturated rings. The highest BCUT2D eigenvalue weighted by Gasteiger charge is 2.16. The van der Waals surface area contributed by atoms with E-state index >= 15 is 0 Å². The van der Waals surface area contributed by atoms with Crippen LogP contribution in [0.4, 0.5) is 17.3 Å². The molecule has 0 unspecified atom stereocenters. The fourth-order valence-corrected chi connectivity index (χ4v) is 2.96. The molecule has 1 amide bonds. The third-order valence-corrected chi connectivity index (χ3v) is 4.95. The number of carbonyl (C=O) groups is 1. The summed E-state index contributed by atoms with van der Waals surface area (Å²) >= 11 is 0. The van der Waals surface area contributed by atoms with Gasteiger partial charge in [-0.05, 0) is 32.4 Å². The number of nitrogens with one attached hydrogen (secondary N) is 2. The highest BCUT2D eigenvalue weighted by Crippen LogP contribution is 2.23. The van der Waals surface area contributed by atoms with Gasteiger partial charge >= 0.3 is 0 Å². The van der Waals surface area contributed by atoms with E-state index in [4.69, 9.17) is 5.73 Å². The molecule has 0 atom stereocenters. The average molecular weight is 430 g/mol. The van der Waals surface area contributed by atoms with E-state index in [1.54, 1.807) is 10.9 Å². The number of nitrogens with two attached hydrogens (primary N) is 1. The molecule has 0 spiro atoms. The summed E-state index contributed by atoms with van der Waals surface area (Å²) in [5.74, 6) is 0.506. The molecule has 1 aliphatic rings. The number of hydrogen-bond acceptors (Lipinski definition) is 6. The fourth-order valence-electron chi connectivity index (χ4n) is 2.96. The minimum absolute atomic E-state index is 0.339. The molecule has 8 nitrogen and oxygen atoms in total. The maximum absolute atomic E-state index is 11.8. The quantitative estimate of drug-likeness (QED) is 0.635. The summed E-state index contributed by atoms with van der Waals surface area (Å²) in [6.07, 6.45) is 4.41. The Morgan fingerprint density at radius 3 is 2.32 bits per heavy atom. The van der Waals surface area contributed by atoms with Crippen molar-refractivity contribution in [3.05, 3.63) is 35.7 Å². The first-order chi connectivity index (χ1) is 15.0. The Morgan fingerprint density at radius 2 is 1.81 bits per heavy atom. The second kappa shape index (κ2) is 13.4. The van der Waals surface area contributed by atoms with Crippen molar-refractivity contribution in [2.24, 2.45) is 5.73 Å². The van der Waals surface area contributed by atoms with Crippen LogP contribution in [0.5, 0.6) is 0 Å². The van der Waals surface area contributed by atoms with Gasteiger partial charge < -0.3 is 21.3 Å². The SMILES string of the molecule is CC.CC.CC/C(C)=C(/C)n1cc(C(N)=O)c(Nc2ccc(N3CCNCC3)cn2)n1. The Kier molecular flexibility index (Phi) is 11.3. The standard InChI is InChI=1S/C19H27N7O.2C2H6/c1-4-13(2)14(3)26-12-16(18(20)27)19(24-26)23-17-6-5-15(11-22-17)25-9-7-21-8-10-25;2*1-2/h5-6,11-12,21H,4,7-10H2,1-3H3,(H2,20,27)(H,22,23,24);2*1-2H3/b14-13-;;. The van der Waals surface area contributed by atoms with Crippen LogP contribution in [-0.2, 0) is 0 Å². The van der Waals surface area contributed by atoms with Gasteiger partial charge in [-0.3, -0.25) is 4.79 Å². The topological polar surface area (TPSA) is 101 Å². The molecule has 1 saturated heterocycles. The number of hydrogen-bond donors (Lipinski definition) is 3. The average Bonchev–Trinajstić information content (AvgIpc) is 3.26. The molecule has 4 N–H and O–H groups in total. The molecule has 0 saturated carbocycles. The molecule has 0 radical (unpaired) electrons. The maximum Gasteiger partial charge on any atom is 0.254 e. The van der Waals surface area contributed by atoms with Crippen LogP contribution in [0.1, 0.15) is 65.2 Å². The molecule has 0 aliphatic carbocycles. The number of rotatable bonds is 6. The highest BCUT2D eigenvalue weighted by atomic mass is 16.1. The predicted molar refractivity (Wildman–Crippen MR) is 131 cm³/mol. The van der Waals surface area contributed by atoms with Crippen molar-refractivity contribution in [3.8, 4) is 0 Å². The Bertz CT molecular complexity index is 834. The molecule has 3 heterocycles. The van der Waals surface area contributed by atoms with E-state index in [2.05, 4.69) is 32.5 Å². The zero-order valence-corrected chi connectivity index (χ0v) is 20.1. The van der Waals surface area contributed by atoms with Crippen LogP contribution in [0.15, 0.2) is 30.1 Å². The van der Waals surface area contributed by atoms with Crippen molar-refractivity contribution in [2.75, 3.05) is 36.4 Å². The number of piperazine rings is 1. The lowest BCUT2D eigenvalue weighted by Crippen LogP contribution is -2.43. The lowest BCUT2D eigenvalue weighted by Gasteiger charge is -2.29. The van der Waals surface area contributed by atoms with Gasteiger partial charge in [0.05, 0.1) is 11.9 Å². The Morgan fingerprint density at radius 1 is 1.16 bits per heavy atom. The Hall–Kier alpha value is -2.87. The smallest absolute Gasteiger partial charge is 0.254 e. The molecule has 2 aromatic heterocycles. The lowest BCUT2D eigenvalue weighted by atomic mass is 10.2. The van der Waals surface area contributed by atoms with E-state index in [0.29, 0.717) is 17.2 Å². The summed E-state index contributed by atoms with van der Waals surface area (Å²) in [6, 6.07) is 3.91. The fraction of sp³-hybridized carbons (Fsp3) is 0.522. The first kappa shape index (κ1) is 26.2. The van der Waals surface area contributed by atoms with Gasteiger partial charge in [-0.1, -0.05) is 40.2 Å². The van der Waals surface area contributed by atoms with Crippen molar-refractivity contribution in [3.63, 3.8) is 0 Å². The summed E-state index contributed by atoms with van der Waals surface area (Å²) in [6.45, 7) is 18.0. The molecule has 0 aromatic carbocycles. The van der Waals surface area contributed by atoms with Crippen LogP contribution < -0.4 is 21.3 Å². The number of nitrogens with zero attached hydrogens (tertiary/aromatic N) is 4. The Balaban J connectivity index is 0.00000113. The number of allylic oxidation sites excluding steroid dienone is 2. The number of amides is 1. The van der Waals surface area contributed by atoms with Gasteiger partial charge in [-0.2, -0.15) is 0 Å². The van der Waals surface area contributed by atoms with Crippen molar-refractivity contribution < 1.29 is 4.79 Å². The second-order valence-corrected chi connectivity index (χ2v) is 6.68. The van der Waals surface area contributed by atoms with Crippen LogP contribution in [0.2, 0.25) is 0 Å². The third kappa shape index (κ3) is 7.10. The largest absolute Gasteiger partial charge is 0.368 e. The minimum Gasteiger partial charge on any atom is -0.368 e. The summed E-state index contributed by atoms with van der Waals surface area (Å²) in [5.41, 5.74) is 9.13. The maximum atomic E-state index is 11.8. The van der Waals surface area contributed by atoms with Gasteiger partial charge in [0.1, 0.15) is 11.4 Å². The number of carbonyl (C=O) groups excluding carboxylic acids is 1. The summed E-state index contributed by atoms with van der Waals surface area (Å²) in [5, 5.41) is 11.0. The van der Waals surface area contributed by atoms with Gasteiger partial charge in [0, 0.05) is 38.1 Å².